The molecule has 0 saturated carbocycles. The number of carbonyl (C=O) groups is 2. The van der Waals surface area contributed by atoms with E-state index in [1.54, 1.807) is 30.1 Å². The Morgan fingerprint density at radius 3 is 2.80 bits per heavy atom. The number of nitrogens with zero attached hydrogens (tertiary/aromatic N) is 2. The van der Waals surface area contributed by atoms with Gasteiger partial charge in [-0.25, -0.2) is 4.79 Å². The lowest BCUT2D eigenvalue weighted by Gasteiger charge is -2.31. The monoisotopic (exact) mass is 278 g/mol. The maximum Gasteiger partial charge on any atom is 0.339 e. The largest absolute Gasteiger partial charge is 0.491 e. The second-order valence-corrected chi connectivity index (χ2v) is 4.74. The molecule has 0 unspecified atom stereocenters. The Labute approximate surface area is 117 Å². The molecular weight excluding hydrogens is 260 g/mol. The molecule has 6 heteroatoms. The van der Waals surface area contributed by atoms with E-state index >= 15 is 0 Å². The lowest BCUT2D eigenvalue weighted by atomic mass is 10.2. The van der Waals surface area contributed by atoms with Gasteiger partial charge in [-0.3, -0.25) is 9.69 Å². The molecule has 20 heavy (non-hydrogen) atoms. The average molecular weight is 278 g/mol. The molecule has 0 aromatic heterocycles. The molecule has 1 amide bonds. The summed E-state index contributed by atoms with van der Waals surface area (Å²) in [5.74, 6) is -0.544. The van der Waals surface area contributed by atoms with E-state index in [0.717, 1.165) is 6.54 Å². The number of para-hydroxylation sites is 1. The number of benzene rings is 1. The third-order valence-electron chi connectivity index (χ3n) is 3.32. The molecule has 1 aliphatic rings. The molecule has 0 spiro atoms. The van der Waals surface area contributed by atoms with Gasteiger partial charge in [-0.1, -0.05) is 12.1 Å². The van der Waals surface area contributed by atoms with Crippen molar-refractivity contribution in [3.05, 3.63) is 29.8 Å². The number of aromatic carboxylic acids is 1. The minimum atomic E-state index is -1.00. The van der Waals surface area contributed by atoms with Crippen molar-refractivity contribution in [3.8, 4) is 5.75 Å². The first kappa shape index (κ1) is 14.3. The molecule has 1 aliphatic heterocycles. The molecule has 6 nitrogen and oxygen atoms in total. The van der Waals surface area contributed by atoms with Gasteiger partial charge in [-0.05, 0) is 12.1 Å². The summed E-state index contributed by atoms with van der Waals surface area (Å²) in [4.78, 5) is 26.3. The van der Waals surface area contributed by atoms with Gasteiger partial charge in [0.2, 0.25) is 5.91 Å². The van der Waals surface area contributed by atoms with Crippen LogP contribution < -0.4 is 4.74 Å². The molecule has 1 heterocycles. The maximum atomic E-state index is 11.5. The number of carbonyl (C=O) groups excluding carboxylic acids is 1. The summed E-state index contributed by atoms with van der Waals surface area (Å²) in [7, 11) is 1.79. The molecule has 0 atom stereocenters. The average Bonchev–Trinajstić information content (AvgIpc) is 2.43. The predicted octanol–water partition coefficient (Wildman–Crippen LogP) is 0.538. The zero-order valence-electron chi connectivity index (χ0n) is 11.4. The molecule has 108 valence electrons. The normalized spacial score (nSPS) is 16.2. The number of carboxylic acid groups (broad SMARTS) is 1. The van der Waals surface area contributed by atoms with Crippen LogP contribution in [0.3, 0.4) is 0 Å². The third kappa shape index (κ3) is 3.48. The molecule has 2 rings (SSSR count). The van der Waals surface area contributed by atoms with Crippen molar-refractivity contribution in [1.29, 1.82) is 0 Å². The van der Waals surface area contributed by atoms with E-state index in [4.69, 9.17) is 9.84 Å². The Hall–Kier alpha value is -2.08. The second-order valence-electron chi connectivity index (χ2n) is 4.74. The van der Waals surface area contributed by atoms with Crippen molar-refractivity contribution in [2.24, 2.45) is 0 Å². The van der Waals surface area contributed by atoms with Crippen LogP contribution in [0.2, 0.25) is 0 Å². The Bertz CT molecular complexity index is 504. The summed E-state index contributed by atoms with van der Waals surface area (Å²) in [6.07, 6.45) is 0. The number of likely N-dealkylation sites (N-methyl/N-ethyl adjacent to an activating group) is 1. The molecule has 1 aromatic carbocycles. The molecular formula is C14H18N2O4. The van der Waals surface area contributed by atoms with Gasteiger partial charge in [-0.15, -0.1) is 0 Å². The molecule has 1 fully saturated rings. The Kier molecular flexibility index (Phi) is 4.57. The van der Waals surface area contributed by atoms with Crippen LogP contribution in [0.4, 0.5) is 0 Å². The highest BCUT2D eigenvalue weighted by Gasteiger charge is 2.20. The summed E-state index contributed by atoms with van der Waals surface area (Å²) in [6.45, 7) is 2.88. The number of ether oxygens (including phenoxy) is 1. The fourth-order valence-corrected chi connectivity index (χ4v) is 2.05. The molecule has 1 saturated heterocycles. The van der Waals surface area contributed by atoms with Gasteiger partial charge in [0.05, 0.1) is 6.54 Å². The van der Waals surface area contributed by atoms with Crippen molar-refractivity contribution in [3.63, 3.8) is 0 Å². The van der Waals surface area contributed by atoms with Gasteiger partial charge in [0, 0.05) is 26.7 Å². The number of hydrogen-bond donors (Lipinski definition) is 1. The Balaban J connectivity index is 1.85. The van der Waals surface area contributed by atoms with Crippen LogP contribution >= 0.6 is 0 Å². The van der Waals surface area contributed by atoms with E-state index in [1.165, 1.54) is 6.07 Å². The zero-order chi connectivity index (χ0) is 14.5. The number of carboxylic acids is 1. The molecule has 0 aliphatic carbocycles. The summed E-state index contributed by atoms with van der Waals surface area (Å²) in [5.41, 5.74) is 0.155. The molecule has 0 radical (unpaired) electrons. The maximum absolute atomic E-state index is 11.5. The third-order valence-corrected chi connectivity index (χ3v) is 3.32. The zero-order valence-corrected chi connectivity index (χ0v) is 11.4. The lowest BCUT2D eigenvalue weighted by molar-refractivity contribution is -0.134. The Morgan fingerprint density at radius 1 is 1.35 bits per heavy atom. The number of amides is 1. The lowest BCUT2D eigenvalue weighted by Crippen LogP contribution is -2.49. The highest BCUT2D eigenvalue weighted by molar-refractivity contribution is 5.90. The minimum Gasteiger partial charge on any atom is -0.491 e. The summed E-state index contributed by atoms with van der Waals surface area (Å²) >= 11 is 0. The van der Waals surface area contributed by atoms with Crippen molar-refractivity contribution in [2.75, 3.05) is 39.8 Å². The van der Waals surface area contributed by atoms with Crippen molar-refractivity contribution in [1.82, 2.24) is 9.80 Å². The van der Waals surface area contributed by atoms with Gasteiger partial charge in [-0.2, -0.15) is 0 Å². The highest BCUT2D eigenvalue weighted by atomic mass is 16.5. The highest BCUT2D eigenvalue weighted by Crippen LogP contribution is 2.17. The molecule has 1 N–H and O–H groups in total. The first-order valence-corrected chi connectivity index (χ1v) is 6.49. The van der Waals surface area contributed by atoms with E-state index in [0.29, 0.717) is 32.0 Å². The summed E-state index contributed by atoms with van der Waals surface area (Å²) < 4.78 is 5.52. The SMILES string of the molecule is CN1CCN(CCOc2ccccc2C(=O)O)CC1=O. The first-order chi connectivity index (χ1) is 9.58. The molecule has 0 bridgehead atoms. The van der Waals surface area contributed by atoms with Crippen LogP contribution in [0.5, 0.6) is 5.75 Å². The van der Waals surface area contributed by atoms with Crippen LogP contribution in [0.1, 0.15) is 10.4 Å². The number of hydrogen-bond acceptors (Lipinski definition) is 4. The van der Waals surface area contributed by atoms with Crippen LogP contribution in [-0.2, 0) is 4.79 Å². The summed E-state index contributed by atoms with van der Waals surface area (Å²) in [6, 6.07) is 6.55. The number of piperazine rings is 1. The van der Waals surface area contributed by atoms with Crippen LogP contribution in [0, 0.1) is 0 Å². The van der Waals surface area contributed by atoms with E-state index in [1.807, 2.05) is 4.90 Å². The van der Waals surface area contributed by atoms with Crippen LogP contribution in [-0.4, -0.2) is 66.6 Å². The van der Waals surface area contributed by atoms with Gasteiger partial charge in [0.25, 0.3) is 0 Å². The second kappa shape index (κ2) is 6.38. The quantitative estimate of drug-likeness (QED) is 0.851. The van der Waals surface area contributed by atoms with Crippen molar-refractivity contribution >= 4 is 11.9 Å². The van der Waals surface area contributed by atoms with E-state index in [2.05, 4.69) is 0 Å². The topological polar surface area (TPSA) is 70.1 Å². The van der Waals surface area contributed by atoms with Gasteiger partial charge >= 0.3 is 5.97 Å². The summed E-state index contributed by atoms with van der Waals surface area (Å²) in [5, 5.41) is 9.04. The van der Waals surface area contributed by atoms with Crippen LogP contribution in [0.15, 0.2) is 24.3 Å². The molecule has 1 aromatic rings. The smallest absolute Gasteiger partial charge is 0.339 e. The van der Waals surface area contributed by atoms with E-state index < -0.39 is 5.97 Å². The van der Waals surface area contributed by atoms with E-state index in [-0.39, 0.29) is 11.5 Å². The fraction of sp³-hybridized carbons (Fsp3) is 0.429. The first-order valence-electron chi connectivity index (χ1n) is 6.49. The number of rotatable bonds is 5. The Morgan fingerprint density at radius 2 is 2.10 bits per heavy atom. The predicted molar refractivity (Wildman–Crippen MR) is 73.0 cm³/mol. The minimum absolute atomic E-state index is 0.0992. The fourth-order valence-electron chi connectivity index (χ4n) is 2.05. The van der Waals surface area contributed by atoms with Gasteiger partial charge < -0.3 is 14.7 Å². The van der Waals surface area contributed by atoms with Crippen molar-refractivity contribution in [2.45, 2.75) is 0 Å². The standard InChI is InChI=1S/C14H18N2O4/c1-15-6-7-16(10-13(15)17)8-9-20-12-5-3-2-4-11(12)14(18)19/h2-5H,6-10H2,1H3,(H,18,19). The van der Waals surface area contributed by atoms with Crippen LogP contribution in [0.25, 0.3) is 0 Å². The van der Waals surface area contributed by atoms with Gasteiger partial charge in [0.1, 0.15) is 17.9 Å². The van der Waals surface area contributed by atoms with Crippen molar-refractivity contribution < 1.29 is 19.4 Å². The van der Waals surface area contributed by atoms with Gasteiger partial charge in [0.15, 0.2) is 0 Å². The van der Waals surface area contributed by atoms with E-state index in [9.17, 15) is 9.59 Å².